The summed E-state index contributed by atoms with van der Waals surface area (Å²) in [5.41, 5.74) is 6.35. The minimum atomic E-state index is -0.139. The van der Waals surface area contributed by atoms with Crippen LogP contribution >= 0.6 is 0 Å². The van der Waals surface area contributed by atoms with E-state index in [9.17, 15) is 4.79 Å². The molecule has 13 heavy (non-hydrogen) atoms. The lowest BCUT2D eigenvalue weighted by Gasteiger charge is -2.08. The largest absolute Gasteiger partial charge is 0.491 e. The fourth-order valence-corrected chi connectivity index (χ4v) is 1.07. The van der Waals surface area contributed by atoms with Crippen molar-refractivity contribution in [3.8, 4) is 5.75 Å². The number of methoxy groups -OCH3 is 1. The Kier molecular flexibility index (Phi) is 3.08. The first-order valence-corrected chi connectivity index (χ1v) is 4.21. The quantitative estimate of drug-likeness (QED) is 0.726. The lowest BCUT2D eigenvalue weighted by Crippen LogP contribution is -2.15. The number of aromatic amines is 1. The summed E-state index contributed by atoms with van der Waals surface area (Å²) in [6, 6.07) is 1.37. The number of H-pyrrole nitrogens is 1. The van der Waals surface area contributed by atoms with Gasteiger partial charge in [0.2, 0.25) is 5.43 Å². The summed E-state index contributed by atoms with van der Waals surface area (Å²) in [5.74, 6) is 0.312. The van der Waals surface area contributed by atoms with Crippen LogP contribution in [0.5, 0.6) is 5.75 Å². The van der Waals surface area contributed by atoms with E-state index in [-0.39, 0.29) is 11.5 Å². The molecule has 1 heterocycles. The van der Waals surface area contributed by atoms with E-state index in [0.717, 1.165) is 12.1 Å². The van der Waals surface area contributed by atoms with Crippen molar-refractivity contribution in [3.05, 3.63) is 28.2 Å². The van der Waals surface area contributed by atoms with E-state index in [2.05, 4.69) is 4.98 Å². The summed E-state index contributed by atoms with van der Waals surface area (Å²) in [6.07, 6.45) is 2.33. The van der Waals surface area contributed by atoms with Gasteiger partial charge in [-0.2, -0.15) is 0 Å². The number of hydrogen-bond donors (Lipinski definition) is 2. The van der Waals surface area contributed by atoms with Crippen molar-refractivity contribution >= 4 is 0 Å². The molecule has 0 amide bonds. The van der Waals surface area contributed by atoms with E-state index in [1.807, 2.05) is 6.92 Å². The van der Waals surface area contributed by atoms with Gasteiger partial charge in [-0.3, -0.25) is 4.79 Å². The Morgan fingerprint density at radius 1 is 1.69 bits per heavy atom. The van der Waals surface area contributed by atoms with Crippen LogP contribution in [0.3, 0.4) is 0 Å². The Balaban J connectivity index is 3.03. The van der Waals surface area contributed by atoms with Crippen LogP contribution in [0.1, 0.15) is 25.1 Å². The smallest absolute Gasteiger partial charge is 0.223 e. The minimum absolute atomic E-state index is 0.112. The Hall–Kier alpha value is -1.29. The predicted molar refractivity (Wildman–Crippen MR) is 50.8 cm³/mol. The molecule has 0 spiro atoms. The van der Waals surface area contributed by atoms with Crippen molar-refractivity contribution in [3.63, 3.8) is 0 Å². The Morgan fingerprint density at radius 3 is 2.85 bits per heavy atom. The molecule has 0 aliphatic rings. The standard InChI is InChI=1S/C9H14N2O2/c1-3-6(10)7-4-8(12)9(13-2)5-11-7/h4-6H,3,10H2,1-2H3,(H,11,12). The summed E-state index contributed by atoms with van der Waals surface area (Å²) in [7, 11) is 1.46. The van der Waals surface area contributed by atoms with Gasteiger partial charge in [0.15, 0.2) is 5.75 Å². The second-order valence-corrected chi connectivity index (χ2v) is 2.84. The first kappa shape index (κ1) is 9.80. The third kappa shape index (κ3) is 2.09. The Bertz CT molecular complexity index is 333. The maximum absolute atomic E-state index is 11.3. The van der Waals surface area contributed by atoms with E-state index in [4.69, 9.17) is 10.5 Å². The van der Waals surface area contributed by atoms with E-state index in [0.29, 0.717) is 5.75 Å². The molecule has 1 rings (SSSR count). The first-order chi connectivity index (χ1) is 6.19. The highest BCUT2D eigenvalue weighted by atomic mass is 16.5. The molecule has 0 aliphatic carbocycles. The van der Waals surface area contributed by atoms with Gasteiger partial charge in [-0.05, 0) is 6.42 Å². The van der Waals surface area contributed by atoms with Crippen molar-refractivity contribution in [2.75, 3.05) is 7.11 Å². The molecule has 0 radical (unpaired) electrons. The monoisotopic (exact) mass is 182 g/mol. The van der Waals surface area contributed by atoms with Crippen LogP contribution in [0.4, 0.5) is 0 Å². The maximum atomic E-state index is 11.3. The molecule has 1 atom stereocenters. The molecule has 1 unspecified atom stereocenters. The molecule has 0 aliphatic heterocycles. The summed E-state index contributed by atoms with van der Waals surface area (Å²) in [6.45, 7) is 1.97. The molecule has 0 saturated heterocycles. The lowest BCUT2D eigenvalue weighted by atomic mass is 10.1. The Morgan fingerprint density at radius 2 is 2.38 bits per heavy atom. The SMILES string of the molecule is CCC(N)c1cc(=O)c(OC)c[nH]1. The third-order valence-corrected chi connectivity index (χ3v) is 1.96. The maximum Gasteiger partial charge on any atom is 0.223 e. The molecule has 3 N–H and O–H groups in total. The molecule has 0 saturated carbocycles. The number of ether oxygens (including phenoxy) is 1. The van der Waals surface area contributed by atoms with E-state index in [1.54, 1.807) is 0 Å². The third-order valence-electron chi connectivity index (χ3n) is 1.96. The van der Waals surface area contributed by atoms with Crippen LogP contribution in [0.15, 0.2) is 17.1 Å². The van der Waals surface area contributed by atoms with Crippen molar-refractivity contribution in [2.24, 2.45) is 5.73 Å². The van der Waals surface area contributed by atoms with Crippen molar-refractivity contribution in [2.45, 2.75) is 19.4 Å². The number of pyridine rings is 1. The zero-order valence-corrected chi connectivity index (χ0v) is 7.83. The average Bonchev–Trinajstić information content (AvgIpc) is 2.16. The molecule has 0 bridgehead atoms. The van der Waals surface area contributed by atoms with Gasteiger partial charge in [-0.1, -0.05) is 6.92 Å². The van der Waals surface area contributed by atoms with Crippen LogP contribution in [0.25, 0.3) is 0 Å². The molecule has 0 fully saturated rings. The zero-order valence-electron chi connectivity index (χ0n) is 7.83. The Labute approximate surface area is 76.7 Å². The summed E-state index contributed by atoms with van der Waals surface area (Å²) >= 11 is 0. The predicted octanol–water partition coefficient (Wildman–Crippen LogP) is 0.793. The van der Waals surface area contributed by atoms with E-state index in [1.165, 1.54) is 19.4 Å². The number of nitrogens with two attached hydrogens (primary N) is 1. The number of aromatic nitrogens is 1. The van der Waals surface area contributed by atoms with Gasteiger partial charge in [-0.25, -0.2) is 0 Å². The zero-order chi connectivity index (χ0) is 9.84. The van der Waals surface area contributed by atoms with Gasteiger partial charge >= 0.3 is 0 Å². The minimum Gasteiger partial charge on any atom is -0.491 e. The van der Waals surface area contributed by atoms with E-state index >= 15 is 0 Å². The van der Waals surface area contributed by atoms with Crippen molar-refractivity contribution in [1.82, 2.24) is 4.98 Å². The second kappa shape index (κ2) is 4.09. The molecule has 1 aromatic heterocycles. The van der Waals surface area contributed by atoms with Gasteiger partial charge in [-0.15, -0.1) is 0 Å². The molecule has 4 heteroatoms. The fourth-order valence-electron chi connectivity index (χ4n) is 1.07. The number of rotatable bonds is 3. The van der Waals surface area contributed by atoms with Gasteiger partial charge in [0.25, 0.3) is 0 Å². The number of hydrogen-bond acceptors (Lipinski definition) is 3. The van der Waals surface area contributed by atoms with Crippen LogP contribution in [0, 0.1) is 0 Å². The topological polar surface area (TPSA) is 68.1 Å². The fraction of sp³-hybridized carbons (Fsp3) is 0.444. The highest BCUT2D eigenvalue weighted by Gasteiger charge is 2.06. The van der Waals surface area contributed by atoms with Crippen LogP contribution in [-0.4, -0.2) is 12.1 Å². The summed E-state index contributed by atoms with van der Waals surface area (Å²) in [4.78, 5) is 14.2. The molecule has 4 nitrogen and oxygen atoms in total. The number of nitrogens with one attached hydrogen (secondary N) is 1. The molecule has 72 valence electrons. The highest BCUT2D eigenvalue weighted by Crippen LogP contribution is 2.10. The molecule has 0 aromatic carbocycles. The van der Waals surface area contributed by atoms with Gasteiger partial charge < -0.3 is 15.5 Å². The van der Waals surface area contributed by atoms with Crippen LogP contribution in [0.2, 0.25) is 0 Å². The second-order valence-electron chi connectivity index (χ2n) is 2.84. The van der Waals surface area contributed by atoms with E-state index < -0.39 is 0 Å². The van der Waals surface area contributed by atoms with Gasteiger partial charge in [0.05, 0.1) is 7.11 Å². The average molecular weight is 182 g/mol. The lowest BCUT2D eigenvalue weighted by molar-refractivity contribution is 0.408. The van der Waals surface area contributed by atoms with Crippen LogP contribution < -0.4 is 15.9 Å². The molecular formula is C9H14N2O2. The van der Waals surface area contributed by atoms with Gasteiger partial charge in [0.1, 0.15) is 0 Å². The summed E-state index contributed by atoms with van der Waals surface area (Å²) in [5, 5.41) is 0. The molecular weight excluding hydrogens is 168 g/mol. The van der Waals surface area contributed by atoms with Crippen molar-refractivity contribution < 1.29 is 4.74 Å². The van der Waals surface area contributed by atoms with Crippen molar-refractivity contribution in [1.29, 1.82) is 0 Å². The van der Waals surface area contributed by atoms with Crippen LogP contribution in [-0.2, 0) is 0 Å². The highest BCUT2D eigenvalue weighted by molar-refractivity contribution is 5.21. The first-order valence-electron chi connectivity index (χ1n) is 4.21. The molecule has 1 aromatic rings. The summed E-state index contributed by atoms with van der Waals surface area (Å²) < 4.78 is 4.83. The van der Waals surface area contributed by atoms with Gasteiger partial charge in [0, 0.05) is 24.0 Å². The normalized spacial score (nSPS) is 12.5.